The molecule has 0 aliphatic rings. The first-order chi connectivity index (χ1) is 17.3. The van der Waals surface area contributed by atoms with Crippen LogP contribution in [0.4, 0.5) is 0 Å². The summed E-state index contributed by atoms with van der Waals surface area (Å²) in [6, 6.07) is 0. The number of rotatable bonds is 15. The maximum Gasteiger partial charge on any atom is 0.119 e. The van der Waals surface area contributed by atoms with Crippen molar-refractivity contribution in [3.8, 4) is 0 Å². The Balaban J connectivity index is 6.39. The monoisotopic (exact) mass is 576 g/mol. The lowest BCUT2D eigenvalue weighted by atomic mass is 9.81. The van der Waals surface area contributed by atoms with E-state index < -0.39 is 44.8 Å². The first-order valence-corrected chi connectivity index (χ1v) is 14.5. The van der Waals surface area contributed by atoms with Gasteiger partial charge in [0.25, 0.3) is 0 Å². The minimum Gasteiger partial charge on any atom is -0.230 e. The van der Waals surface area contributed by atoms with Crippen molar-refractivity contribution in [1.82, 2.24) is 0 Å². The van der Waals surface area contributed by atoms with Crippen molar-refractivity contribution in [2.75, 3.05) is 0 Å². The van der Waals surface area contributed by atoms with Crippen molar-refractivity contribution in [2.45, 2.75) is 196 Å². The smallest absolute Gasteiger partial charge is 0.119 e. The van der Waals surface area contributed by atoms with Crippen LogP contribution >= 0.6 is 0 Å². The number of hydrogen-bond donors (Lipinski definition) is 0. The van der Waals surface area contributed by atoms with Crippen LogP contribution in [0.1, 0.15) is 151 Å². The summed E-state index contributed by atoms with van der Waals surface area (Å²) < 4.78 is 0. The third-order valence-electron chi connectivity index (χ3n) is 5.13. The molecule has 0 N–H and O–H groups in total. The van der Waals surface area contributed by atoms with Gasteiger partial charge in [-0.2, -0.15) is 0 Å². The maximum atomic E-state index is 6.23. The summed E-state index contributed by atoms with van der Waals surface area (Å²) in [4.78, 5) is 47.0. The third kappa shape index (κ3) is 19.5. The molecule has 0 rings (SSSR count). The minimum absolute atomic E-state index is 0.419. The van der Waals surface area contributed by atoms with E-state index in [-0.39, 0.29) is 0 Å². The highest BCUT2D eigenvalue weighted by Gasteiger charge is 2.40. The molecule has 0 heterocycles. The molecule has 0 saturated carbocycles. The standard InChI is InChI=1S/C32H64O8/c1-25(2,3)33-37-29(13,14)20-21-32(19,40-36-28(10,11)12)23-24(31(17,18)39-35-27(7,8)9)22-30(15,16)38-34-26(4,5)6/h22H,20-21,23H2,1-19H3. The van der Waals surface area contributed by atoms with E-state index in [4.69, 9.17) is 39.1 Å². The molecule has 0 saturated heterocycles. The SMILES string of the molecule is CC(C)(C)OOC(C)(C)C=C(CC(C)(CCC(C)(C)OOC(C)(C)C)OOC(C)(C)C)C(C)(C)OOC(C)(C)C. The second-order valence-corrected chi connectivity index (χ2v) is 16.8. The fourth-order valence-corrected chi connectivity index (χ4v) is 3.03. The molecule has 0 spiro atoms. The maximum absolute atomic E-state index is 6.23. The van der Waals surface area contributed by atoms with Gasteiger partial charge in [-0.3, -0.25) is 0 Å². The Bertz CT molecular complexity index is 786. The molecule has 0 aromatic carbocycles. The first kappa shape index (κ1) is 39.4. The van der Waals surface area contributed by atoms with Gasteiger partial charge in [0.05, 0.1) is 28.0 Å². The van der Waals surface area contributed by atoms with E-state index in [9.17, 15) is 0 Å². The summed E-state index contributed by atoms with van der Waals surface area (Å²) in [5.41, 5.74) is -3.90. The van der Waals surface area contributed by atoms with Crippen LogP contribution in [0.15, 0.2) is 11.6 Å². The first-order valence-electron chi connectivity index (χ1n) is 14.5. The van der Waals surface area contributed by atoms with E-state index in [1.807, 2.05) is 138 Å². The zero-order valence-corrected chi connectivity index (χ0v) is 29.5. The van der Waals surface area contributed by atoms with Gasteiger partial charge in [-0.15, -0.1) is 0 Å². The van der Waals surface area contributed by atoms with E-state index in [2.05, 4.69) is 0 Å². The molecule has 0 aromatic rings. The normalized spacial score (nSPS) is 16.8. The second-order valence-electron chi connectivity index (χ2n) is 16.8. The average Bonchev–Trinajstić information content (AvgIpc) is 2.70. The highest BCUT2D eigenvalue weighted by Crippen LogP contribution is 2.38. The van der Waals surface area contributed by atoms with E-state index in [0.717, 1.165) is 5.57 Å². The van der Waals surface area contributed by atoms with Gasteiger partial charge in [0.1, 0.15) is 16.8 Å². The molecule has 8 nitrogen and oxygen atoms in total. The van der Waals surface area contributed by atoms with Gasteiger partial charge in [0, 0.05) is 6.42 Å². The minimum atomic E-state index is -0.830. The summed E-state index contributed by atoms with van der Waals surface area (Å²) in [5, 5.41) is 0. The Hall–Kier alpha value is -0.580. The molecule has 0 amide bonds. The Morgan fingerprint density at radius 3 is 1.23 bits per heavy atom. The predicted octanol–water partition coefficient (Wildman–Crippen LogP) is 9.16. The molecule has 1 unspecified atom stereocenters. The molecule has 40 heavy (non-hydrogen) atoms. The van der Waals surface area contributed by atoms with Gasteiger partial charge in [-0.1, -0.05) is 0 Å². The van der Waals surface area contributed by atoms with Gasteiger partial charge in [-0.05, 0) is 156 Å². The Kier molecular flexibility index (Phi) is 13.6. The van der Waals surface area contributed by atoms with Gasteiger partial charge in [-0.25, -0.2) is 39.1 Å². The Morgan fingerprint density at radius 1 is 0.425 bits per heavy atom. The molecule has 8 heteroatoms. The molecule has 240 valence electrons. The van der Waals surface area contributed by atoms with Crippen LogP contribution in [-0.2, 0) is 39.1 Å². The number of hydrogen-bond acceptors (Lipinski definition) is 8. The van der Waals surface area contributed by atoms with Crippen molar-refractivity contribution in [3.05, 3.63) is 11.6 Å². The van der Waals surface area contributed by atoms with Crippen LogP contribution in [0.2, 0.25) is 0 Å². The van der Waals surface area contributed by atoms with Crippen LogP contribution in [-0.4, -0.2) is 44.8 Å². The van der Waals surface area contributed by atoms with Crippen LogP contribution in [0.3, 0.4) is 0 Å². The average molecular weight is 577 g/mol. The van der Waals surface area contributed by atoms with Crippen LogP contribution in [0, 0.1) is 0 Å². The molecule has 0 radical (unpaired) electrons. The molecule has 0 bridgehead atoms. The topological polar surface area (TPSA) is 73.8 Å². The van der Waals surface area contributed by atoms with Crippen LogP contribution in [0.5, 0.6) is 0 Å². The fourth-order valence-electron chi connectivity index (χ4n) is 3.03. The quantitative estimate of drug-likeness (QED) is 0.108. The van der Waals surface area contributed by atoms with E-state index >= 15 is 0 Å². The molecule has 0 aliphatic heterocycles. The summed E-state index contributed by atoms with van der Waals surface area (Å²) in [6.45, 7) is 37.3. The lowest BCUT2D eigenvalue weighted by Gasteiger charge is -2.39. The largest absolute Gasteiger partial charge is 0.230 e. The van der Waals surface area contributed by atoms with Crippen molar-refractivity contribution in [2.24, 2.45) is 0 Å². The van der Waals surface area contributed by atoms with Crippen molar-refractivity contribution in [3.63, 3.8) is 0 Å². The van der Waals surface area contributed by atoms with Crippen molar-refractivity contribution >= 4 is 0 Å². The van der Waals surface area contributed by atoms with Crippen molar-refractivity contribution < 1.29 is 39.1 Å². The Labute approximate surface area is 246 Å². The molecular weight excluding hydrogens is 512 g/mol. The summed E-state index contributed by atoms with van der Waals surface area (Å²) >= 11 is 0. The second kappa shape index (κ2) is 13.8. The zero-order chi connectivity index (χ0) is 32.1. The molecule has 1 atom stereocenters. The van der Waals surface area contributed by atoms with E-state index in [1.165, 1.54) is 0 Å². The van der Waals surface area contributed by atoms with Gasteiger partial charge < -0.3 is 0 Å². The highest BCUT2D eigenvalue weighted by molar-refractivity contribution is 5.21. The lowest BCUT2D eigenvalue weighted by molar-refractivity contribution is -0.414. The lowest BCUT2D eigenvalue weighted by Crippen LogP contribution is -2.41. The van der Waals surface area contributed by atoms with Crippen LogP contribution in [0.25, 0.3) is 0 Å². The van der Waals surface area contributed by atoms with E-state index in [1.54, 1.807) is 0 Å². The Morgan fingerprint density at radius 2 is 0.800 bits per heavy atom. The van der Waals surface area contributed by atoms with Crippen molar-refractivity contribution in [1.29, 1.82) is 0 Å². The molecular formula is C32H64O8. The third-order valence-corrected chi connectivity index (χ3v) is 5.13. The van der Waals surface area contributed by atoms with Gasteiger partial charge in [0.15, 0.2) is 0 Å². The highest BCUT2D eigenvalue weighted by atomic mass is 17.2. The summed E-state index contributed by atoms with van der Waals surface area (Å²) in [6.07, 6.45) is 3.74. The molecule has 0 aliphatic carbocycles. The molecule has 0 aromatic heterocycles. The summed E-state index contributed by atoms with van der Waals surface area (Å²) in [5.74, 6) is 0. The fraction of sp³-hybridized carbons (Fsp3) is 0.938. The van der Waals surface area contributed by atoms with Gasteiger partial charge >= 0.3 is 0 Å². The van der Waals surface area contributed by atoms with Crippen LogP contribution < -0.4 is 0 Å². The predicted molar refractivity (Wildman–Crippen MR) is 160 cm³/mol. The summed E-state index contributed by atoms with van der Waals surface area (Å²) in [7, 11) is 0. The zero-order valence-electron chi connectivity index (χ0n) is 29.5. The van der Waals surface area contributed by atoms with Gasteiger partial charge in [0.2, 0.25) is 0 Å². The van der Waals surface area contributed by atoms with E-state index in [0.29, 0.717) is 19.3 Å². The molecule has 0 fully saturated rings.